The summed E-state index contributed by atoms with van der Waals surface area (Å²) in [5.41, 5.74) is 9.03. The summed E-state index contributed by atoms with van der Waals surface area (Å²) in [5, 5.41) is 21.1. The highest BCUT2D eigenvalue weighted by atomic mass is 16.7. The minimum absolute atomic E-state index is 0.0362. The molecule has 6 atom stereocenters. The summed E-state index contributed by atoms with van der Waals surface area (Å²) < 4.78 is 10.8. The van der Waals surface area contributed by atoms with Gasteiger partial charge in [0.05, 0.1) is 35.5 Å². The molecule has 29 heavy (non-hydrogen) atoms. The molecule has 2 aromatic heterocycles. The maximum Gasteiger partial charge on any atom is 0.325 e. The van der Waals surface area contributed by atoms with E-state index < -0.39 is 30.5 Å². The van der Waals surface area contributed by atoms with E-state index in [0.29, 0.717) is 6.42 Å². The Morgan fingerprint density at radius 2 is 2.03 bits per heavy atom. The van der Waals surface area contributed by atoms with Gasteiger partial charge in [0, 0.05) is 23.6 Å². The Morgan fingerprint density at radius 3 is 2.72 bits per heavy atom. The van der Waals surface area contributed by atoms with E-state index in [-0.39, 0.29) is 24.4 Å². The molecule has 1 unspecified atom stereocenters. The smallest absolute Gasteiger partial charge is 0.325 e. The highest BCUT2D eigenvalue weighted by molar-refractivity contribution is 5.81. The summed E-state index contributed by atoms with van der Waals surface area (Å²) in [7, 11) is 0. The molecule has 0 bridgehead atoms. The number of aliphatic hydroxyl groups is 2. The summed E-state index contributed by atoms with van der Waals surface area (Å²) in [5.74, 6) is -1.14. The average Bonchev–Trinajstić information content (AvgIpc) is 3.22. The lowest BCUT2D eigenvalue weighted by atomic mass is 9.96. The van der Waals surface area contributed by atoms with Gasteiger partial charge in [-0.15, -0.1) is 0 Å². The van der Waals surface area contributed by atoms with E-state index in [1.165, 1.54) is 6.33 Å². The van der Waals surface area contributed by atoms with Crippen molar-refractivity contribution < 1.29 is 24.5 Å². The van der Waals surface area contributed by atoms with Crippen LogP contribution in [-0.4, -0.2) is 62.3 Å². The summed E-state index contributed by atoms with van der Waals surface area (Å²) >= 11 is 0. The maximum absolute atomic E-state index is 11.9. The van der Waals surface area contributed by atoms with Gasteiger partial charge in [0.2, 0.25) is 0 Å². The molecule has 1 aliphatic rings. The number of hydrogen-bond donors (Lipinski definition) is 4. The second kappa shape index (κ2) is 8.74. The van der Waals surface area contributed by atoms with E-state index in [0.717, 1.165) is 22.3 Å². The average molecular weight is 406 g/mol. The zero-order valence-corrected chi connectivity index (χ0v) is 17.2. The quantitative estimate of drug-likeness (QED) is 0.393. The van der Waals surface area contributed by atoms with Crippen LogP contribution in [0.3, 0.4) is 0 Å². The number of fused-ring (bicyclic) bond motifs is 1. The van der Waals surface area contributed by atoms with Gasteiger partial charge in [-0.1, -0.05) is 13.8 Å². The first-order valence-corrected chi connectivity index (χ1v) is 9.93. The topological polar surface area (TPSA) is 144 Å². The molecule has 0 aromatic carbocycles. The standard InChI is InChI=1S/C20H30N4O5/c1-9(2)15(21)20(27)29-11(4)28-7-12-5-13(19(26)18(12)25)14-6-22-16-10(3)23-8-24-17(14)16/h6,8-9,11-13,15,18-19,22,25-26H,5,7,21H2,1-4H3/t11?,12-,13+,15+,18-,19+/m1/s1. The number of aromatic amines is 1. The number of H-pyrrole nitrogens is 1. The van der Waals surface area contributed by atoms with Crippen molar-refractivity contribution in [2.75, 3.05) is 6.61 Å². The van der Waals surface area contributed by atoms with Gasteiger partial charge in [-0.2, -0.15) is 0 Å². The van der Waals surface area contributed by atoms with E-state index in [1.54, 1.807) is 6.92 Å². The van der Waals surface area contributed by atoms with Crippen LogP contribution in [-0.2, 0) is 14.3 Å². The van der Waals surface area contributed by atoms with Crippen molar-refractivity contribution in [1.29, 1.82) is 0 Å². The SMILES string of the molecule is Cc1ncnc2c([C@@H]3C[C@H](COC(C)OC(=O)[C@@H](N)C(C)C)[C@@H](O)[C@H]3O)c[nH]c12. The normalized spacial score (nSPS) is 26.8. The van der Waals surface area contributed by atoms with Crippen molar-refractivity contribution in [3.8, 4) is 0 Å². The van der Waals surface area contributed by atoms with Crippen LogP contribution in [0.1, 0.15) is 44.4 Å². The van der Waals surface area contributed by atoms with Crippen molar-refractivity contribution in [3.63, 3.8) is 0 Å². The zero-order valence-electron chi connectivity index (χ0n) is 17.2. The number of esters is 1. The number of carbonyl (C=O) groups excluding carboxylic acids is 1. The lowest BCUT2D eigenvalue weighted by Crippen LogP contribution is -2.39. The van der Waals surface area contributed by atoms with Crippen molar-refractivity contribution in [2.45, 2.75) is 64.6 Å². The van der Waals surface area contributed by atoms with E-state index >= 15 is 0 Å². The number of nitrogens with one attached hydrogen (secondary N) is 1. The van der Waals surface area contributed by atoms with Crippen LogP contribution in [0.25, 0.3) is 11.0 Å². The molecule has 9 heteroatoms. The number of nitrogens with zero attached hydrogens (tertiary/aromatic N) is 2. The molecule has 1 aliphatic carbocycles. The Balaban J connectivity index is 1.62. The Hall–Kier alpha value is -2.07. The van der Waals surface area contributed by atoms with Gasteiger partial charge in [0.15, 0.2) is 6.29 Å². The van der Waals surface area contributed by atoms with Crippen molar-refractivity contribution in [1.82, 2.24) is 15.0 Å². The first kappa shape index (κ1) is 21.6. The molecule has 5 N–H and O–H groups in total. The predicted octanol–water partition coefficient (Wildman–Crippen LogP) is 0.981. The predicted molar refractivity (Wildman–Crippen MR) is 106 cm³/mol. The summed E-state index contributed by atoms with van der Waals surface area (Å²) in [6, 6.07) is -0.711. The van der Waals surface area contributed by atoms with Gasteiger partial charge in [-0.3, -0.25) is 4.79 Å². The fourth-order valence-corrected chi connectivity index (χ4v) is 3.77. The van der Waals surface area contributed by atoms with E-state index in [2.05, 4.69) is 15.0 Å². The van der Waals surface area contributed by atoms with Crippen molar-refractivity contribution in [3.05, 3.63) is 23.8 Å². The molecule has 0 saturated heterocycles. The molecular formula is C20H30N4O5. The van der Waals surface area contributed by atoms with Crippen LogP contribution >= 0.6 is 0 Å². The van der Waals surface area contributed by atoms with Gasteiger partial charge in [0.25, 0.3) is 0 Å². The van der Waals surface area contributed by atoms with Gasteiger partial charge in [-0.25, -0.2) is 9.97 Å². The van der Waals surface area contributed by atoms with Crippen LogP contribution < -0.4 is 5.73 Å². The number of aryl methyl sites for hydroxylation is 1. The van der Waals surface area contributed by atoms with Crippen molar-refractivity contribution in [2.24, 2.45) is 17.6 Å². The van der Waals surface area contributed by atoms with Crippen molar-refractivity contribution >= 4 is 17.0 Å². The summed E-state index contributed by atoms with van der Waals surface area (Å²) in [6.07, 6.45) is 1.14. The molecule has 3 rings (SSSR count). The molecule has 0 amide bonds. The van der Waals surface area contributed by atoms with Gasteiger partial charge < -0.3 is 30.4 Å². The van der Waals surface area contributed by atoms with Crippen LogP contribution in [0.4, 0.5) is 0 Å². The van der Waals surface area contributed by atoms with E-state index in [4.69, 9.17) is 15.2 Å². The van der Waals surface area contributed by atoms with Crippen LogP contribution in [0, 0.1) is 18.8 Å². The molecule has 0 aliphatic heterocycles. The Morgan fingerprint density at radius 1 is 1.31 bits per heavy atom. The second-order valence-electron chi connectivity index (χ2n) is 8.12. The number of hydrogen-bond acceptors (Lipinski definition) is 8. The highest BCUT2D eigenvalue weighted by Gasteiger charge is 2.43. The monoisotopic (exact) mass is 406 g/mol. The van der Waals surface area contributed by atoms with Gasteiger partial charge in [0.1, 0.15) is 12.4 Å². The lowest BCUT2D eigenvalue weighted by molar-refractivity contribution is -0.181. The number of ether oxygens (including phenoxy) is 2. The van der Waals surface area contributed by atoms with Gasteiger partial charge >= 0.3 is 5.97 Å². The molecule has 1 saturated carbocycles. The third kappa shape index (κ3) is 4.42. The molecule has 2 aromatic rings. The first-order chi connectivity index (χ1) is 13.7. The minimum Gasteiger partial charge on any atom is -0.435 e. The fraction of sp³-hybridized carbons (Fsp3) is 0.650. The number of aliphatic hydroxyl groups excluding tert-OH is 2. The number of nitrogens with two attached hydrogens (primary N) is 1. The molecule has 0 radical (unpaired) electrons. The molecule has 2 heterocycles. The zero-order chi connectivity index (χ0) is 21.3. The van der Waals surface area contributed by atoms with Gasteiger partial charge in [-0.05, 0) is 26.2 Å². The molecule has 1 fully saturated rings. The molecular weight excluding hydrogens is 376 g/mol. The number of carbonyl (C=O) groups is 1. The maximum atomic E-state index is 11.9. The van der Waals surface area contributed by atoms with E-state index in [1.807, 2.05) is 27.0 Å². The van der Waals surface area contributed by atoms with Crippen LogP contribution in [0.5, 0.6) is 0 Å². The number of rotatable bonds is 7. The fourth-order valence-electron chi connectivity index (χ4n) is 3.77. The third-order valence-corrected chi connectivity index (χ3v) is 5.70. The third-order valence-electron chi connectivity index (χ3n) is 5.70. The first-order valence-electron chi connectivity index (χ1n) is 9.93. The Kier molecular flexibility index (Phi) is 6.52. The Bertz CT molecular complexity index is 855. The molecule has 0 spiro atoms. The van der Waals surface area contributed by atoms with Crippen LogP contribution in [0.2, 0.25) is 0 Å². The Labute approximate surface area is 169 Å². The largest absolute Gasteiger partial charge is 0.435 e. The lowest BCUT2D eigenvalue weighted by Gasteiger charge is -2.21. The summed E-state index contributed by atoms with van der Waals surface area (Å²) in [6.45, 7) is 7.32. The molecule has 160 valence electrons. The second-order valence-corrected chi connectivity index (χ2v) is 8.12. The highest BCUT2D eigenvalue weighted by Crippen LogP contribution is 2.41. The minimum atomic E-state index is -0.950. The molecule has 9 nitrogen and oxygen atoms in total. The summed E-state index contributed by atoms with van der Waals surface area (Å²) in [4.78, 5) is 23.6. The van der Waals surface area contributed by atoms with Crippen LogP contribution in [0.15, 0.2) is 12.5 Å². The number of aromatic nitrogens is 3. The van der Waals surface area contributed by atoms with E-state index in [9.17, 15) is 15.0 Å².